The number of benzene rings is 3. The molecule has 1 atom stereocenters. The fraction of sp³-hybridized carbons (Fsp3) is 0.185. The normalized spacial score (nSPS) is 12.7. The van der Waals surface area contributed by atoms with Crippen molar-refractivity contribution in [2.75, 3.05) is 0 Å². The van der Waals surface area contributed by atoms with Crippen LogP contribution in [0.2, 0.25) is 10.0 Å². The maximum atomic E-state index is 13.0. The molecule has 0 saturated heterocycles. The third-order valence-electron chi connectivity index (χ3n) is 6.21. The lowest BCUT2D eigenvalue weighted by Gasteiger charge is -2.15. The number of hydrogen-bond donors (Lipinski definition) is 1. The van der Waals surface area contributed by atoms with Crippen molar-refractivity contribution in [2.45, 2.75) is 32.9 Å². The molecule has 0 amide bonds. The van der Waals surface area contributed by atoms with Crippen molar-refractivity contribution < 1.29 is 37.1 Å². The van der Waals surface area contributed by atoms with Gasteiger partial charge in [0.15, 0.2) is 11.7 Å². The van der Waals surface area contributed by atoms with Gasteiger partial charge < -0.3 is 23.7 Å². The van der Waals surface area contributed by atoms with E-state index in [1.54, 1.807) is 47.9 Å². The van der Waals surface area contributed by atoms with E-state index in [4.69, 9.17) is 32.5 Å². The van der Waals surface area contributed by atoms with Gasteiger partial charge in [-0.05, 0) is 61.9 Å². The first-order valence-electron chi connectivity index (χ1n) is 11.5. The SMILES string of the molecule is Cc1c(-c2noc3cc(Cl)ccc23)c2ccc(OC(F)(F)F)cc2n1Cc1cc(O[C@@H](C)C(=O)O)ccc1Cl. The van der Waals surface area contributed by atoms with Crippen LogP contribution in [-0.4, -0.2) is 33.3 Å². The number of aromatic nitrogens is 2. The van der Waals surface area contributed by atoms with Gasteiger partial charge in [-0.3, -0.25) is 0 Å². The number of carboxylic acid groups (broad SMARTS) is 1. The Morgan fingerprint density at radius 2 is 1.79 bits per heavy atom. The molecule has 5 aromatic rings. The highest BCUT2D eigenvalue weighted by atomic mass is 35.5. The van der Waals surface area contributed by atoms with Crippen LogP contribution < -0.4 is 9.47 Å². The van der Waals surface area contributed by atoms with E-state index in [1.165, 1.54) is 25.1 Å². The molecule has 5 rings (SSSR count). The quantitative estimate of drug-likeness (QED) is 0.211. The average molecular weight is 579 g/mol. The number of hydrogen-bond acceptors (Lipinski definition) is 5. The molecule has 0 aliphatic heterocycles. The summed E-state index contributed by atoms with van der Waals surface area (Å²) in [5.74, 6) is -1.25. The van der Waals surface area contributed by atoms with Crippen molar-refractivity contribution >= 4 is 51.0 Å². The van der Waals surface area contributed by atoms with Crippen LogP contribution in [0.15, 0.2) is 59.1 Å². The number of rotatable bonds is 7. The zero-order valence-electron chi connectivity index (χ0n) is 20.3. The third kappa shape index (κ3) is 5.35. The maximum absolute atomic E-state index is 13.0. The van der Waals surface area contributed by atoms with E-state index in [1.807, 2.05) is 0 Å². The molecule has 2 aromatic heterocycles. The van der Waals surface area contributed by atoms with Crippen LogP contribution in [0.3, 0.4) is 0 Å². The van der Waals surface area contributed by atoms with Gasteiger partial charge in [0.25, 0.3) is 0 Å². The minimum atomic E-state index is -4.87. The van der Waals surface area contributed by atoms with Gasteiger partial charge in [0, 0.05) is 50.8 Å². The summed E-state index contributed by atoms with van der Waals surface area (Å²) in [7, 11) is 0. The largest absolute Gasteiger partial charge is 0.573 e. The summed E-state index contributed by atoms with van der Waals surface area (Å²) in [5.41, 5.74) is 3.24. The number of fused-ring (bicyclic) bond motifs is 2. The van der Waals surface area contributed by atoms with Gasteiger partial charge in [-0.15, -0.1) is 13.2 Å². The van der Waals surface area contributed by atoms with E-state index in [9.17, 15) is 23.1 Å². The number of halogens is 5. The van der Waals surface area contributed by atoms with Crippen LogP contribution in [0.25, 0.3) is 33.1 Å². The number of ether oxygens (including phenoxy) is 2. The Morgan fingerprint density at radius 3 is 2.51 bits per heavy atom. The van der Waals surface area contributed by atoms with Gasteiger partial charge in [-0.1, -0.05) is 28.4 Å². The van der Waals surface area contributed by atoms with Crippen molar-refractivity contribution in [1.29, 1.82) is 0 Å². The van der Waals surface area contributed by atoms with Gasteiger partial charge in [0.2, 0.25) is 0 Å². The van der Waals surface area contributed by atoms with Crippen molar-refractivity contribution in [2.24, 2.45) is 0 Å². The number of carbonyl (C=O) groups is 1. The Kier molecular flexibility index (Phi) is 6.86. The molecule has 39 heavy (non-hydrogen) atoms. The minimum absolute atomic E-state index is 0.122. The topological polar surface area (TPSA) is 86.7 Å². The lowest BCUT2D eigenvalue weighted by Crippen LogP contribution is -2.22. The Labute approximate surface area is 229 Å². The van der Waals surface area contributed by atoms with E-state index >= 15 is 0 Å². The molecule has 1 N–H and O–H groups in total. The van der Waals surface area contributed by atoms with Crippen molar-refractivity contribution in [3.63, 3.8) is 0 Å². The minimum Gasteiger partial charge on any atom is -0.479 e. The number of aliphatic carboxylic acids is 1. The third-order valence-corrected chi connectivity index (χ3v) is 6.81. The Bertz CT molecular complexity index is 1730. The van der Waals surface area contributed by atoms with E-state index in [-0.39, 0.29) is 12.3 Å². The average Bonchev–Trinajstić information content (AvgIpc) is 3.37. The highest BCUT2D eigenvalue weighted by molar-refractivity contribution is 6.31. The zero-order chi connectivity index (χ0) is 28.1. The monoisotopic (exact) mass is 578 g/mol. The lowest BCUT2D eigenvalue weighted by atomic mass is 10.0. The van der Waals surface area contributed by atoms with Gasteiger partial charge in [0.1, 0.15) is 17.2 Å². The zero-order valence-corrected chi connectivity index (χ0v) is 21.9. The predicted molar refractivity (Wildman–Crippen MR) is 140 cm³/mol. The van der Waals surface area contributed by atoms with E-state index < -0.39 is 24.2 Å². The van der Waals surface area contributed by atoms with E-state index in [0.717, 1.165) is 0 Å². The molecule has 3 aromatic carbocycles. The van der Waals surface area contributed by atoms with Crippen LogP contribution >= 0.6 is 23.2 Å². The lowest BCUT2D eigenvalue weighted by molar-refractivity contribution is -0.274. The highest BCUT2D eigenvalue weighted by Gasteiger charge is 2.32. The molecular weight excluding hydrogens is 560 g/mol. The molecular formula is C27H19Cl2F3N2O5. The molecule has 0 saturated carbocycles. The van der Waals surface area contributed by atoms with Gasteiger partial charge >= 0.3 is 12.3 Å². The fourth-order valence-electron chi connectivity index (χ4n) is 4.42. The molecule has 0 radical (unpaired) electrons. The first-order chi connectivity index (χ1) is 18.4. The second kappa shape index (κ2) is 10.0. The van der Waals surface area contributed by atoms with Crippen LogP contribution in [0.5, 0.6) is 11.5 Å². The molecule has 7 nitrogen and oxygen atoms in total. The summed E-state index contributed by atoms with van der Waals surface area (Å²) in [5, 5.41) is 15.5. The summed E-state index contributed by atoms with van der Waals surface area (Å²) >= 11 is 12.6. The van der Waals surface area contributed by atoms with Crippen molar-refractivity contribution in [3.05, 3.63) is 75.9 Å². The van der Waals surface area contributed by atoms with E-state index in [2.05, 4.69) is 9.89 Å². The molecule has 0 bridgehead atoms. The number of carboxylic acids is 1. The maximum Gasteiger partial charge on any atom is 0.573 e. The Morgan fingerprint density at radius 1 is 1.08 bits per heavy atom. The molecule has 202 valence electrons. The second-order valence-corrected chi connectivity index (χ2v) is 9.64. The van der Waals surface area contributed by atoms with Crippen molar-refractivity contribution in [1.82, 2.24) is 9.72 Å². The summed E-state index contributed by atoms with van der Waals surface area (Å²) in [4.78, 5) is 11.2. The summed E-state index contributed by atoms with van der Waals surface area (Å²) in [6, 6.07) is 13.8. The molecule has 0 aliphatic rings. The summed E-state index contributed by atoms with van der Waals surface area (Å²) in [6.07, 6.45) is -5.98. The van der Waals surface area contributed by atoms with Crippen LogP contribution in [0.1, 0.15) is 18.2 Å². The van der Waals surface area contributed by atoms with Gasteiger partial charge in [0.05, 0.1) is 5.52 Å². The van der Waals surface area contributed by atoms with E-state index in [0.29, 0.717) is 54.4 Å². The van der Waals surface area contributed by atoms with Gasteiger partial charge in [-0.2, -0.15) is 0 Å². The Hall–Kier alpha value is -3.89. The van der Waals surface area contributed by atoms with Gasteiger partial charge in [-0.25, -0.2) is 4.79 Å². The number of alkyl halides is 3. The number of nitrogens with zero attached hydrogens (tertiary/aromatic N) is 2. The smallest absolute Gasteiger partial charge is 0.479 e. The fourth-order valence-corrected chi connectivity index (χ4v) is 4.76. The summed E-state index contributed by atoms with van der Waals surface area (Å²) < 4.78 is 56.0. The first kappa shape index (κ1) is 26.7. The van der Waals surface area contributed by atoms with Crippen LogP contribution in [-0.2, 0) is 11.3 Å². The predicted octanol–water partition coefficient (Wildman–Crippen LogP) is 7.86. The molecule has 2 heterocycles. The first-order valence-corrected chi connectivity index (χ1v) is 12.3. The standard InChI is InChI=1S/C27H19Cl2F3N2O5/c1-13-24(25-20-6-3-16(28)10-23(20)39-33-25)19-7-4-18(38-27(30,31)32)11-22(19)34(13)12-15-9-17(5-8-21(15)29)37-14(2)26(35)36/h3-11,14H,12H2,1-2H3,(H,35,36)/t14-/m0/s1. The Balaban J connectivity index is 1.68. The molecule has 0 spiro atoms. The summed E-state index contributed by atoms with van der Waals surface area (Å²) in [6.45, 7) is 3.32. The molecule has 12 heteroatoms. The van der Waals surface area contributed by atoms with Crippen molar-refractivity contribution in [3.8, 4) is 22.8 Å². The molecule has 0 unspecified atom stereocenters. The second-order valence-electron chi connectivity index (χ2n) is 8.80. The molecule has 0 fully saturated rings. The van der Waals surface area contributed by atoms with Crippen LogP contribution in [0.4, 0.5) is 13.2 Å². The molecule has 0 aliphatic carbocycles. The van der Waals surface area contributed by atoms with Crippen LogP contribution in [0, 0.1) is 6.92 Å². The highest BCUT2D eigenvalue weighted by Crippen LogP contribution is 2.41.